The minimum atomic E-state index is -1.16. The molecule has 8 N–H and O–H groups in total. The van der Waals surface area contributed by atoms with E-state index < -0.39 is 47.9 Å². The number of phenols is 1. The number of rotatable bonds is 16. The summed E-state index contributed by atoms with van der Waals surface area (Å²) < 4.78 is 0. The van der Waals surface area contributed by atoms with Crippen LogP contribution in [0.2, 0.25) is 0 Å². The smallest absolute Gasteiger partial charge is 0.326 e. The van der Waals surface area contributed by atoms with Crippen LogP contribution in [0.25, 0.3) is 0 Å². The number of carboxylic acids is 1. The maximum absolute atomic E-state index is 13.4. The predicted octanol–water partition coefficient (Wildman–Crippen LogP) is 0.566. The molecule has 0 aliphatic rings. The Bertz CT molecular complexity index is 1080. The number of aromatic nitrogens is 2. The zero-order valence-corrected chi connectivity index (χ0v) is 23.2. The van der Waals surface area contributed by atoms with Crippen molar-refractivity contribution in [3.8, 4) is 5.75 Å². The topological polar surface area (TPSA) is 200 Å². The van der Waals surface area contributed by atoms with Crippen LogP contribution in [0.1, 0.15) is 37.9 Å². The molecular formula is C26H38N6O6S. The van der Waals surface area contributed by atoms with E-state index in [-0.39, 0.29) is 37.4 Å². The second-order valence-electron chi connectivity index (χ2n) is 9.69. The third kappa shape index (κ3) is 11.0. The highest BCUT2D eigenvalue weighted by Crippen LogP contribution is 2.13. The van der Waals surface area contributed by atoms with Gasteiger partial charge in [-0.25, -0.2) is 9.78 Å². The number of carboxylic acid groups (broad SMARTS) is 1. The maximum atomic E-state index is 13.4. The molecule has 0 spiro atoms. The van der Waals surface area contributed by atoms with Gasteiger partial charge in [-0.2, -0.15) is 11.8 Å². The van der Waals surface area contributed by atoms with E-state index in [2.05, 4.69) is 25.9 Å². The Morgan fingerprint density at radius 3 is 2.15 bits per heavy atom. The molecule has 3 amide bonds. The summed E-state index contributed by atoms with van der Waals surface area (Å²) in [6.45, 7) is 3.75. The lowest BCUT2D eigenvalue weighted by molar-refractivity contribution is -0.142. The lowest BCUT2D eigenvalue weighted by Gasteiger charge is -2.26. The Balaban J connectivity index is 2.21. The second kappa shape index (κ2) is 15.7. The summed E-state index contributed by atoms with van der Waals surface area (Å²) in [6.07, 6.45) is 5.58. The molecule has 39 heavy (non-hydrogen) atoms. The van der Waals surface area contributed by atoms with E-state index in [1.54, 1.807) is 18.3 Å². The van der Waals surface area contributed by atoms with Gasteiger partial charge in [-0.05, 0) is 48.5 Å². The molecule has 4 atom stereocenters. The maximum Gasteiger partial charge on any atom is 0.326 e. The summed E-state index contributed by atoms with van der Waals surface area (Å²) in [5.74, 6) is -2.37. The first-order valence-corrected chi connectivity index (χ1v) is 14.0. The fourth-order valence-electron chi connectivity index (χ4n) is 3.82. The molecule has 0 fully saturated rings. The van der Waals surface area contributed by atoms with Crippen LogP contribution >= 0.6 is 11.8 Å². The van der Waals surface area contributed by atoms with Crippen molar-refractivity contribution < 1.29 is 29.4 Å². The van der Waals surface area contributed by atoms with Gasteiger partial charge in [-0.15, -0.1) is 0 Å². The molecule has 0 aliphatic heterocycles. The molecule has 2 aromatic rings. The van der Waals surface area contributed by atoms with Crippen molar-refractivity contribution in [1.29, 1.82) is 0 Å². The van der Waals surface area contributed by atoms with Crippen LogP contribution in [0.3, 0.4) is 0 Å². The van der Waals surface area contributed by atoms with Gasteiger partial charge in [0.1, 0.15) is 23.9 Å². The molecule has 0 bridgehead atoms. The molecule has 214 valence electrons. The van der Waals surface area contributed by atoms with Gasteiger partial charge in [0, 0.05) is 24.7 Å². The molecule has 1 heterocycles. The fourth-order valence-corrected chi connectivity index (χ4v) is 4.29. The van der Waals surface area contributed by atoms with Crippen molar-refractivity contribution in [2.24, 2.45) is 11.7 Å². The number of imidazole rings is 1. The highest BCUT2D eigenvalue weighted by molar-refractivity contribution is 7.98. The van der Waals surface area contributed by atoms with E-state index in [1.807, 2.05) is 20.1 Å². The molecule has 0 saturated carbocycles. The number of thioether (sulfide) groups is 1. The average Bonchev–Trinajstić information content (AvgIpc) is 3.39. The van der Waals surface area contributed by atoms with Crippen molar-refractivity contribution in [2.75, 3.05) is 12.0 Å². The van der Waals surface area contributed by atoms with Gasteiger partial charge in [-0.1, -0.05) is 26.0 Å². The van der Waals surface area contributed by atoms with Gasteiger partial charge in [0.25, 0.3) is 0 Å². The molecule has 13 heteroatoms. The number of amides is 3. The number of benzene rings is 1. The molecule has 1 aromatic heterocycles. The number of aromatic hydroxyl groups is 1. The van der Waals surface area contributed by atoms with Gasteiger partial charge in [-0.3, -0.25) is 14.4 Å². The van der Waals surface area contributed by atoms with Crippen molar-refractivity contribution in [3.05, 3.63) is 48.0 Å². The van der Waals surface area contributed by atoms with E-state index in [0.29, 0.717) is 17.0 Å². The first-order valence-electron chi connectivity index (χ1n) is 12.6. The fraction of sp³-hybridized carbons (Fsp3) is 0.500. The zero-order chi connectivity index (χ0) is 28.9. The van der Waals surface area contributed by atoms with Gasteiger partial charge < -0.3 is 36.9 Å². The van der Waals surface area contributed by atoms with Crippen LogP contribution < -0.4 is 21.7 Å². The number of nitrogens with two attached hydrogens (primary N) is 1. The number of aromatic amines is 1. The Morgan fingerprint density at radius 2 is 1.59 bits per heavy atom. The Labute approximate surface area is 231 Å². The van der Waals surface area contributed by atoms with Crippen LogP contribution in [-0.4, -0.2) is 80.0 Å². The van der Waals surface area contributed by atoms with E-state index in [9.17, 15) is 29.4 Å². The van der Waals surface area contributed by atoms with Crippen LogP contribution in [-0.2, 0) is 32.0 Å². The second-order valence-corrected chi connectivity index (χ2v) is 10.7. The van der Waals surface area contributed by atoms with E-state index in [1.165, 1.54) is 30.2 Å². The molecule has 0 aliphatic carbocycles. The highest BCUT2D eigenvalue weighted by atomic mass is 32.2. The molecule has 1 aromatic carbocycles. The largest absolute Gasteiger partial charge is 0.508 e. The first kappa shape index (κ1) is 31.6. The number of carbonyl (C=O) groups is 4. The van der Waals surface area contributed by atoms with Crippen molar-refractivity contribution >= 4 is 35.5 Å². The summed E-state index contributed by atoms with van der Waals surface area (Å²) in [4.78, 5) is 57.9. The number of aliphatic carboxylic acids is 1. The molecule has 0 radical (unpaired) electrons. The van der Waals surface area contributed by atoms with Crippen LogP contribution in [0, 0.1) is 5.92 Å². The summed E-state index contributed by atoms with van der Waals surface area (Å²) in [5, 5.41) is 27.0. The lowest BCUT2D eigenvalue weighted by Crippen LogP contribution is -2.58. The quantitative estimate of drug-likeness (QED) is 0.153. The monoisotopic (exact) mass is 562 g/mol. The van der Waals surface area contributed by atoms with E-state index in [0.717, 1.165) is 0 Å². The van der Waals surface area contributed by atoms with Crippen LogP contribution in [0.15, 0.2) is 36.8 Å². The number of hydrogen-bond donors (Lipinski definition) is 7. The Hall–Kier alpha value is -3.58. The third-order valence-corrected chi connectivity index (χ3v) is 6.55. The van der Waals surface area contributed by atoms with Crippen molar-refractivity contribution in [2.45, 2.75) is 63.7 Å². The summed E-state index contributed by atoms with van der Waals surface area (Å²) in [7, 11) is 0. The lowest BCUT2D eigenvalue weighted by atomic mass is 10.00. The van der Waals surface area contributed by atoms with E-state index >= 15 is 0 Å². The standard InChI is InChI=1S/C26H38N6O6S/c1-15(2)10-21(24(35)30-20(26(37)38)8-9-39-3)32-25(36)22(11-16-4-6-18(33)7-5-16)31-23(34)19(27)12-17-13-28-14-29-17/h4-7,13-15,19-22,33H,8-12,27H2,1-3H3,(H,28,29)(H,30,35)(H,31,34)(H,32,36)(H,37,38). The van der Waals surface area contributed by atoms with Crippen LogP contribution in [0.5, 0.6) is 5.75 Å². The van der Waals surface area contributed by atoms with Crippen molar-refractivity contribution in [1.82, 2.24) is 25.9 Å². The third-order valence-electron chi connectivity index (χ3n) is 5.91. The molecule has 0 saturated heterocycles. The van der Waals surface area contributed by atoms with Gasteiger partial charge in [0.2, 0.25) is 17.7 Å². The SMILES string of the molecule is CSCCC(NC(=O)C(CC(C)C)NC(=O)C(Cc1ccc(O)cc1)NC(=O)C(N)Cc1cnc[nH]1)C(=O)O. The molecule has 12 nitrogen and oxygen atoms in total. The van der Waals surface area contributed by atoms with Gasteiger partial charge >= 0.3 is 5.97 Å². The summed E-state index contributed by atoms with van der Waals surface area (Å²) in [5.41, 5.74) is 7.37. The van der Waals surface area contributed by atoms with Gasteiger partial charge in [0.15, 0.2) is 0 Å². The van der Waals surface area contributed by atoms with Gasteiger partial charge in [0.05, 0.1) is 12.4 Å². The molecule has 4 unspecified atom stereocenters. The highest BCUT2D eigenvalue weighted by Gasteiger charge is 2.31. The summed E-state index contributed by atoms with van der Waals surface area (Å²) >= 11 is 1.46. The minimum absolute atomic E-state index is 0.00323. The number of carbonyl (C=O) groups excluding carboxylic acids is 3. The molecule has 2 rings (SSSR count). The normalized spacial score (nSPS) is 14.2. The minimum Gasteiger partial charge on any atom is -0.508 e. The summed E-state index contributed by atoms with van der Waals surface area (Å²) in [6, 6.07) is 1.99. The number of hydrogen-bond acceptors (Lipinski definition) is 8. The zero-order valence-electron chi connectivity index (χ0n) is 22.3. The Kier molecular flexibility index (Phi) is 12.8. The van der Waals surface area contributed by atoms with Crippen molar-refractivity contribution in [3.63, 3.8) is 0 Å². The number of H-pyrrole nitrogens is 1. The molecular weight excluding hydrogens is 524 g/mol. The number of nitrogens with zero attached hydrogens (tertiary/aromatic N) is 1. The van der Waals surface area contributed by atoms with E-state index in [4.69, 9.17) is 5.73 Å². The first-order chi connectivity index (χ1) is 18.5. The predicted molar refractivity (Wildman–Crippen MR) is 148 cm³/mol. The number of nitrogens with one attached hydrogen (secondary N) is 4. The number of phenolic OH excluding ortho intramolecular Hbond substituents is 1. The average molecular weight is 563 g/mol. The Morgan fingerprint density at radius 1 is 0.974 bits per heavy atom. The van der Waals surface area contributed by atoms with Crippen LogP contribution in [0.4, 0.5) is 0 Å².